The fourth-order valence-corrected chi connectivity index (χ4v) is 3.57. The number of pyridine rings is 1. The average Bonchev–Trinajstić information content (AvgIpc) is 2.76. The Morgan fingerprint density at radius 2 is 1.83 bits per heavy atom. The molecule has 0 bridgehead atoms. The molecule has 29 heavy (non-hydrogen) atoms. The summed E-state index contributed by atoms with van der Waals surface area (Å²) in [7, 11) is 0. The van der Waals surface area contributed by atoms with Gasteiger partial charge in [0.2, 0.25) is 0 Å². The van der Waals surface area contributed by atoms with Crippen LogP contribution in [0.1, 0.15) is 22.8 Å². The number of hydrogen-bond acceptors (Lipinski definition) is 5. The van der Waals surface area contributed by atoms with Crippen molar-refractivity contribution in [2.45, 2.75) is 13.5 Å². The molecule has 1 amide bonds. The number of aromatic nitrogens is 2. The maximum atomic E-state index is 12.9. The smallest absolute Gasteiger partial charge is 0.270 e. The van der Waals surface area contributed by atoms with E-state index in [-0.39, 0.29) is 17.0 Å². The quantitative estimate of drug-likeness (QED) is 0.665. The zero-order valence-electron chi connectivity index (χ0n) is 16.5. The molecule has 0 radical (unpaired) electrons. The van der Waals surface area contributed by atoms with E-state index in [1.807, 2.05) is 25.1 Å². The molecule has 0 spiro atoms. The maximum absolute atomic E-state index is 12.9. The number of ether oxygens (including phenoxy) is 1. The summed E-state index contributed by atoms with van der Waals surface area (Å²) in [5.41, 5.74) is 1.55. The Bertz CT molecular complexity index is 1050. The van der Waals surface area contributed by atoms with E-state index in [0.29, 0.717) is 25.3 Å². The average molecular weight is 392 g/mol. The molecule has 1 aliphatic rings. The van der Waals surface area contributed by atoms with Crippen LogP contribution >= 0.6 is 0 Å². The standard InChI is InChI=1S/C22H24N4O3/c1-2-29-18-8-6-17(7-9-18)16-24-11-13-25(14-12-24)21(27)19-15-23-20-5-3-4-10-26(20)22(19)28/h3-10,15H,2,11-14,16H2,1H3. The molecule has 150 valence electrons. The van der Waals surface area contributed by atoms with Gasteiger partial charge >= 0.3 is 0 Å². The third-order valence-corrected chi connectivity index (χ3v) is 5.14. The van der Waals surface area contributed by atoms with Crippen molar-refractivity contribution in [3.63, 3.8) is 0 Å². The molecule has 7 heteroatoms. The Hall–Kier alpha value is -3.19. The molecule has 7 nitrogen and oxygen atoms in total. The van der Waals surface area contributed by atoms with E-state index in [1.165, 1.54) is 16.2 Å². The Morgan fingerprint density at radius 3 is 2.55 bits per heavy atom. The lowest BCUT2D eigenvalue weighted by Crippen LogP contribution is -2.49. The fraction of sp³-hybridized carbons (Fsp3) is 0.318. The van der Waals surface area contributed by atoms with Gasteiger partial charge in [0.1, 0.15) is 17.0 Å². The van der Waals surface area contributed by atoms with E-state index in [0.717, 1.165) is 25.4 Å². The number of fused-ring (bicyclic) bond motifs is 1. The van der Waals surface area contributed by atoms with Crippen LogP contribution in [0.4, 0.5) is 0 Å². The zero-order chi connectivity index (χ0) is 20.2. The SMILES string of the molecule is CCOc1ccc(CN2CCN(C(=O)c3cnc4ccccn4c3=O)CC2)cc1. The Labute approximate surface area is 169 Å². The lowest BCUT2D eigenvalue weighted by molar-refractivity contribution is 0.0626. The highest BCUT2D eigenvalue weighted by Crippen LogP contribution is 2.15. The molecule has 4 rings (SSSR count). The molecular formula is C22H24N4O3. The largest absolute Gasteiger partial charge is 0.494 e. The summed E-state index contributed by atoms with van der Waals surface area (Å²) in [4.78, 5) is 33.8. The number of hydrogen-bond donors (Lipinski definition) is 0. The topological polar surface area (TPSA) is 67.2 Å². The molecule has 1 aromatic carbocycles. The van der Waals surface area contributed by atoms with Gasteiger partial charge in [0.05, 0.1) is 6.61 Å². The molecule has 1 fully saturated rings. The minimum Gasteiger partial charge on any atom is -0.494 e. The van der Waals surface area contributed by atoms with Gasteiger partial charge in [0.15, 0.2) is 0 Å². The first-order chi connectivity index (χ1) is 14.2. The summed E-state index contributed by atoms with van der Waals surface area (Å²) in [5, 5.41) is 0. The summed E-state index contributed by atoms with van der Waals surface area (Å²) < 4.78 is 6.89. The molecule has 0 aliphatic carbocycles. The van der Waals surface area contributed by atoms with E-state index < -0.39 is 0 Å². The summed E-state index contributed by atoms with van der Waals surface area (Å²) in [5.74, 6) is 0.628. The van der Waals surface area contributed by atoms with Gasteiger partial charge in [-0.1, -0.05) is 18.2 Å². The molecule has 0 atom stereocenters. The van der Waals surface area contributed by atoms with Crippen LogP contribution in [-0.4, -0.2) is 57.9 Å². The van der Waals surface area contributed by atoms with Gasteiger partial charge in [-0.15, -0.1) is 0 Å². The van der Waals surface area contributed by atoms with Crippen molar-refractivity contribution in [2.75, 3.05) is 32.8 Å². The van der Waals surface area contributed by atoms with Gasteiger partial charge in [-0.3, -0.25) is 18.9 Å². The van der Waals surface area contributed by atoms with Crippen LogP contribution < -0.4 is 10.3 Å². The van der Waals surface area contributed by atoms with Crippen molar-refractivity contribution < 1.29 is 9.53 Å². The second-order valence-electron chi connectivity index (χ2n) is 7.05. The highest BCUT2D eigenvalue weighted by atomic mass is 16.5. The van der Waals surface area contributed by atoms with Crippen molar-refractivity contribution in [3.05, 3.63) is 76.3 Å². The Morgan fingerprint density at radius 1 is 1.07 bits per heavy atom. The van der Waals surface area contributed by atoms with E-state index in [9.17, 15) is 9.59 Å². The Balaban J connectivity index is 1.38. The predicted molar refractivity (Wildman–Crippen MR) is 110 cm³/mol. The van der Waals surface area contributed by atoms with Crippen LogP contribution in [0, 0.1) is 0 Å². The number of nitrogens with zero attached hydrogens (tertiary/aromatic N) is 4. The van der Waals surface area contributed by atoms with Crippen molar-refractivity contribution in [3.8, 4) is 5.75 Å². The number of rotatable bonds is 5. The van der Waals surface area contributed by atoms with Crippen molar-refractivity contribution in [1.29, 1.82) is 0 Å². The van der Waals surface area contributed by atoms with Crippen LogP contribution in [-0.2, 0) is 6.54 Å². The van der Waals surface area contributed by atoms with Gasteiger partial charge in [-0.05, 0) is 36.8 Å². The summed E-state index contributed by atoms with van der Waals surface area (Å²) in [6.07, 6.45) is 3.03. The van der Waals surface area contributed by atoms with Crippen LogP contribution in [0.25, 0.3) is 5.65 Å². The fourth-order valence-electron chi connectivity index (χ4n) is 3.57. The normalized spacial score (nSPS) is 14.9. The molecule has 1 aliphatic heterocycles. The molecule has 0 unspecified atom stereocenters. The van der Waals surface area contributed by atoms with Crippen molar-refractivity contribution in [2.24, 2.45) is 0 Å². The minimum atomic E-state index is -0.322. The highest BCUT2D eigenvalue weighted by Gasteiger charge is 2.24. The third kappa shape index (κ3) is 4.14. The molecule has 3 heterocycles. The predicted octanol–water partition coefficient (Wildman–Crippen LogP) is 2.05. The second kappa shape index (κ2) is 8.45. The molecule has 2 aromatic heterocycles. The van der Waals surface area contributed by atoms with E-state index >= 15 is 0 Å². The molecule has 3 aromatic rings. The highest BCUT2D eigenvalue weighted by molar-refractivity contribution is 5.93. The van der Waals surface area contributed by atoms with Gasteiger partial charge in [-0.2, -0.15) is 0 Å². The monoisotopic (exact) mass is 392 g/mol. The van der Waals surface area contributed by atoms with Gasteiger partial charge in [-0.25, -0.2) is 4.98 Å². The maximum Gasteiger partial charge on any atom is 0.270 e. The number of carbonyl (C=O) groups is 1. The minimum absolute atomic E-state index is 0.119. The summed E-state index contributed by atoms with van der Waals surface area (Å²) >= 11 is 0. The van der Waals surface area contributed by atoms with E-state index in [4.69, 9.17) is 4.74 Å². The summed E-state index contributed by atoms with van der Waals surface area (Å²) in [6, 6.07) is 13.4. The van der Waals surface area contributed by atoms with E-state index in [1.54, 1.807) is 23.2 Å². The van der Waals surface area contributed by atoms with Gasteiger partial charge in [0.25, 0.3) is 11.5 Å². The lowest BCUT2D eigenvalue weighted by Gasteiger charge is -2.34. The molecule has 0 saturated carbocycles. The van der Waals surface area contributed by atoms with Gasteiger partial charge in [0, 0.05) is 45.1 Å². The molecular weight excluding hydrogens is 368 g/mol. The van der Waals surface area contributed by atoms with Crippen LogP contribution in [0.2, 0.25) is 0 Å². The number of carbonyl (C=O) groups excluding carboxylic acids is 1. The molecule has 1 saturated heterocycles. The van der Waals surface area contributed by atoms with Crippen LogP contribution in [0.15, 0.2) is 59.7 Å². The number of piperazine rings is 1. The van der Waals surface area contributed by atoms with Gasteiger partial charge < -0.3 is 9.64 Å². The number of amides is 1. The second-order valence-corrected chi connectivity index (χ2v) is 7.05. The Kier molecular flexibility index (Phi) is 5.57. The first-order valence-corrected chi connectivity index (χ1v) is 9.85. The van der Waals surface area contributed by atoms with Crippen molar-refractivity contribution in [1.82, 2.24) is 19.2 Å². The van der Waals surface area contributed by atoms with E-state index in [2.05, 4.69) is 22.0 Å². The summed E-state index contributed by atoms with van der Waals surface area (Å²) in [6.45, 7) is 6.17. The number of benzene rings is 1. The van der Waals surface area contributed by atoms with Crippen molar-refractivity contribution >= 4 is 11.6 Å². The zero-order valence-corrected chi connectivity index (χ0v) is 16.5. The first kappa shape index (κ1) is 19.1. The first-order valence-electron chi connectivity index (χ1n) is 9.85. The van der Waals surface area contributed by atoms with Crippen LogP contribution in [0.3, 0.4) is 0 Å². The third-order valence-electron chi connectivity index (χ3n) is 5.14. The van der Waals surface area contributed by atoms with Crippen LogP contribution in [0.5, 0.6) is 5.75 Å². The lowest BCUT2D eigenvalue weighted by atomic mass is 10.2. The molecule has 0 N–H and O–H groups in total.